The second-order valence-electron chi connectivity index (χ2n) is 6.04. The maximum atomic E-state index is 12.1. The molecule has 1 aliphatic heterocycles. The third-order valence-corrected chi connectivity index (χ3v) is 5.06. The van der Waals surface area contributed by atoms with Gasteiger partial charge in [0, 0.05) is 24.2 Å². The second kappa shape index (κ2) is 6.30. The van der Waals surface area contributed by atoms with E-state index in [2.05, 4.69) is 4.98 Å². The van der Waals surface area contributed by atoms with Gasteiger partial charge in [0.2, 0.25) is 11.8 Å². The number of amides is 1. The first-order chi connectivity index (χ1) is 12.4. The van der Waals surface area contributed by atoms with Gasteiger partial charge in [-0.2, -0.15) is 0 Å². The SMILES string of the molecule is O=C(O)C1CC(=O)N(c2ccc3oc(-c4ccc(Cl)c(Cl)c4)nc3c2)C1. The van der Waals surface area contributed by atoms with Gasteiger partial charge in [-0.25, -0.2) is 4.98 Å². The minimum Gasteiger partial charge on any atom is -0.481 e. The van der Waals surface area contributed by atoms with Gasteiger partial charge in [-0.3, -0.25) is 9.59 Å². The van der Waals surface area contributed by atoms with Crippen molar-refractivity contribution in [3.05, 3.63) is 46.4 Å². The summed E-state index contributed by atoms with van der Waals surface area (Å²) in [5, 5.41) is 9.95. The Morgan fingerprint density at radius 1 is 1.19 bits per heavy atom. The Hall–Kier alpha value is -2.57. The summed E-state index contributed by atoms with van der Waals surface area (Å²) in [4.78, 5) is 29.1. The molecule has 3 aromatic rings. The molecule has 6 nitrogen and oxygen atoms in total. The van der Waals surface area contributed by atoms with Crippen LogP contribution in [0.5, 0.6) is 0 Å². The highest BCUT2D eigenvalue weighted by atomic mass is 35.5. The van der Waals surface area contributed by atoms with Crippen molar-refractivity contribution in [3.8, 4) is 11.5 Å². The van der Waals surface area contributed by atoms with E-state index in [0.717, 1.165) is 0 Å². The lowest BCUT2D eigenvalue weighted by molar-refractivity contribution is -0.141. The third kappa shape index (κ3) is 2.91. The lowest BCUT2D eigenvalue weighted by Crippen LogP contribution is -2.25. The standard InChI is InChI=1S/C18H12Cl2N2O4/c19-12-3-1-9(5-13(12)20)17-21-14-7-11(2-4-15(14)26-17)22-8-10(18(24)25)6-16(22)23/h1-5,7,10H,6,8H2,(H,24,25). The van der Waals surface area contributed by atoms with Crippen LogP contribution in [0.25, 0.3) is 22.6 Å². The molecule has 1 atom stereocenters. The van der Waals surface area contributed by atoms with Crippen LogP contribution in [0.15, 0.2) is 40.8 Å². The predicted molar refractivity (Wildman–Crippen MR) is 97.6 cm³/mol. The number of carbonyl (C=O) groups excluding carboxylic acids is 1. The number of fused-ring (bicyclic) bond motifs is 1. The summed E-state index contributed by atoms with van der Waals surface area (Å²) in [7, 11) is 0. The average molecular weight is 391 g/mol. The van der Waals surface area contributed by atoms with Gasteiger partial charge in [-0.15, -0.1) is 0 Å². The number of rotatable bonds is 3. The van der Waals surface area contributed by atoms with E-state index in [-0.39, 0.29) is 18.9 Å². The Bertz CT molecular complexity index is 1050. The minimum absolute atomic E-state index is 0.000704. The summed E-state index contributed by atoms with van der Waals surface area (Å²) in [6.45, 7) is 0.150. The lowest BCUT2D eigenvalue weighted by atomic mass is 10.1. The zero-order valence-electron chi connectivity index (χ0n) is 13.3. The van der Waals surface area contributed by atoms with E-state index in [9.17, 15) is 9.59 Å². The molecular weight excluding hydrogens is 379 g/mol. The summed E-state index contributed by atoms with van der Waals surface area (Å²) in [5.41, 5.74) is 2.40. The largest absolute Gasteiger partial charge is 0.481 e. The Labute approximate surface area is 157 Å². The number of anilines is 1. The molecule has 0 aliphatic carbocycles. The number of nitrogens with zero attached hydrogens (tertiary/aromatic N) is 2. The number of aromatic nitrogens is 1. The van der Waals surface area contributed by atoms with Crippen molar-refractivity contribution in [1.82, 2.24) is 4.98 Å². The topological polar surface area (TPSA) is 83.6 Å². The van der Waals surface area contributed by atoms with Crippen LogP contribution in [0, 0.1) is 5.92 Å². The summed E-state index contributed by atoms with van der Waals surface area (Å²) in [6, 6.07) is 10.2. The van der Waals surface area contributed by atoms with Crippen molar-refractivity contribution in [2.45, 2.75) is 6.42 Å². The molecule has 2 heterocycles. The van der Waals surface area contributed by atoms with E-state index in [4.69, 9.17) is 32.7 Å². The Balaban J connectivity index is 1.69. The molecule has 1 N–H and O–H groups in total. The third-order valence-electron chi connectivity index (χ3n) is 4.32. The highest BCUT2D eigenvalue weighted by Crippen LogP contribution is 2.32. The number of carboxylic acids is 1. The summed E-state index contributed by atoms with van der Waals surface area (Å²) in [5.74, 6) is -1.50. The molecule has 8 heteroatoms. The molecule has 4 rings (SSSR count). The van der Waals surface area contributed by atoms with Crippen molar-refractivity contribution >= 4 is 51.9 Å². The molecule has 1 fully saturated rings. The van der Waals surface area contributed by atoms with Gasteiger partial charge in [-0.05, 0) is 36.4 Å². The monoisotopic (exact) mass is 390 g/mol. The number of benzene rings is 2. The van der Waals surface area contributed by atoms with Crippen molar-refractivity contribution in [1.29, 1.82) is 0 Å². The van der Waals surface area contributed by atoms with Crippen LogP contribution in [0.4, 0.5) is 5.69 Å². The predicted octanol–water partition coefficient (Wildman–Crippen LogP) is 4.24. The van der Waals surface area contributed by atoms with Crippen LogP contribution in [0.2, 0.25) is 10.0 Å². The Morgan fingerprint density at radius 2 is 2.00 bits per heavy atom. The van der Waals surface area contributed by atoms with E-state index in [0.29, 0.717) is 38.3 Å². The molecule has 2 aromatic carbocycles. The fraction of sp³-hybridized carbons (Fsp3) is 0.167. The highest BCUT2D eigenvalue weighted by Gasteiger charge is 2.35. The van der Waals surface area contributed by atoms with Gasteiger partial charge in [0.05, 0.1) is 16.0 Å². The molecule has 1 amide bonds. The van der Waals surface area contributed by atoms with Gasteiger partial charge in [0.1, 0.15) is 5.52 Å². The van der Waals surface area contributed by atoms with Crippen LogP contribution >= 0.6 is 23.2 Å². The maximum absolute atomic E-state index is 12.1. The molecule has 0 bridgehead atoms. The van der Waals surface area contributed by atoms with Crippen molar-refractivity contribution in [2.75, 3.05) is 11.4 Å². The number of hydrogen-bond acceptors (Lipinski definition) is 4. The van der Waals surface area contributed by atoms with Gasteiger partial charge in [0.15, 0.2) is 5.58 Å². The van der Waals surface area contributed by atoms with E-state index >= 15 is 0 Å². The van der Waals surface area contributed by atoms with Crippen LogP contribution in [0.1, 0.15) is 6.42 Å². The van der Waals surface area contributed by atoms with Gasteiger partial charge in [-0.1, -0.05) is 23.2 Å². The molecule has 26 heavy (non-hydrogen) atoms. The van der Waals surface area contributed by atoms with Gasteiger partial charge >= 0.3 is 5.97 Å². The van der Waals surface area contributed by atoms with Crippen molar-refractivity contribution in [3.63, 3.8) is 0 Å². The fourth-order valence-corrected chi connectivity index (χ4v) is 3.26. The smallest absolute Gasteiger partial charge is 0.308 e. The number of oxazole rings is 1. The Kier molecular flexibility index (Phi) is 4.09. The van der Waals surface area contributed by atoms with Crippen LogP contribution < -0.4 is 4.90 Å². The molecule has 1 saturated heterocycles. The summed E-state index contributed by atoms with van der Waals surface area (Å²) < 4.78 is 5.74. The fourth-order valence-electron chi connectivity index (χ4n) is 2.96. The normalized spacial score (nSPS) is 17.2. The van der Waals surface area contributed by atoms with E-state index in [1.54, 1.807) is 36.4 Å². The first kappa shape index (κ1) is 16.9. The molecule has 132 valence electrons. The van der Waals surface area contributed by atoms with Crippen LogP contribution in [0.3, 0.4) is 0 Å². The zero-order valence-corrected chi connectivity index (χ0v) is 14.8. The van der Waals surface area contributed by atoms with Crippen LogP contribution in [-0.4, -0.2) is 28.5 Å². The highest BCUT2D eigenvalue weighted by molar-refractivity contribution is 6.42. The Morgan fingerprint density at radius 3 is 2.69 bits per heavy atom. The molecular formula is C18H12Cl2N2O4. The van der Waals surface area contributed by atoms with E-state index in [1.165, 1.54) is 4.90 Å². The van der Waals surface area contributed by atoms with E-state index in [1.807, 2.05) is 0 Å². The van der Waals surface area contributed by atoms with Crippen molar-refractivity contribution < 1.29 is 19.1 Å². The van der Waals surface area contributed by atoms with Gasteiger partial charge < -0.3 is 14.4 Å². The first-order valence-electron chi connectivity index (χ1n) is 7.81. The van der Waals surface area contributed by atoms with Gasteiger partial charge in [0.25, 0.3) is 0 Å². The molecule has 1 aliphatic rings. The molecule has 0 saturated carbocycles. The number of halogens is 2. The molecule has 1 aromatic heterocycles. The van der Waals surface area contributed by atoms with Crippen LogP contribution in [-0.2, 0) is 9.59 Å². The summed E-state index contributed by atoms with van der Waals surface area (Å²) in [6.07, 6.45) is 0.000704. The lowest BCUT2D eigenvalue weighted by Gasteiger charge is -2.15. The maximum Gasteiger partial charge on any atom is 0.308 e. The number of carbonyl (C=O) groups is 2. The average Bonchev–Trinajstić information content (AvgIpc) is 3.20. The number of hydrogen-bond donors (Lipinski definition) is 1. The van der Waals surface area contributed by atoms with E-state index < -0.39 is 11.9 Å². The summed E-state index contributed by atoms with van der Waals surface area (Å²) >= 11 is 12.0. The number of aliphatic carboxylic acids is 1. The zero-order chi connectivity index (χ0) is 18.4. The quantitative estimate of drug-likeness (QED) is 0.722. The molecule has 1 unspecified atom stereocenters. The van der Waals surface area contributed by atoms with Crippen molar-refractivity contribution in [2.24, 2.45) is 5.92 Å². The number of carboxylic acid groups (broad SMARTS) is 1. The minimum atomic E-state index is -0.967. The second-order valence-corrected chi connectivity index (χ2v) is 6.86. The molecule has 0 spiro atoms. The molecule has 0 radical (unpaired) electrons. The first-order valence-corrected chi connectivity index (χ1v) is 8.57.